The second-order valence-corrected chi connectivity index (χ2v) is 5.08. The SMILES string of the molecule is c1csc(CCCNC2CCCOC2)c1. The lowest BCUT2D eigenvalue weighted by atomic mass is 10.1. The highest BCUT2D eigenvalue weighted by atomic mass is 32.1. The van der Waals surface area contributed by atoms with Crippen molar-refractivity contribution in [2.24, 2.45) is 0 Å². The standard InChI is InChI=1S/C12H19NOS/c1(5-12-6-3-9-15-12)7-13-11-4-2-8-14-10-11/h3,6,9,11,13H,1-2,4-5,7-8,10H2. The molecule has 0 aromatic carbocycles. The number of ether oxygens (including phenoxy) is 1. The molecule has 1 aliphatic rings. The smallest absolute Gasteiger partial charge is 0.0619 e. The monoisotopic (exact) mass is 225 g/mol. The van der Waals surface area contributed by atoms with Gasteiger partial charge in [0, 0.05) is 17.5 Å². The largest absolute Gasteiger partial charge is 0.380 e. The summed E-state index contributed by atoms with van der Waals surface area (Å²) in [5, 5.41) is 5.71. The van der Waals surface area contributed by atoms with Crippen LogP contribution in [0.4, 0.5) is 0 Å². The summed E-state index contributed by atoms with van der Waals surface area (Å²) in [6.07, 6.45) is 4.93. The fourth-order valence-corrected chi connectivity index (χ4v) is 2.68. The van der Waals surface area contributed by atoms with Crippen molar-refractivity contribution in [1.29, 1.82) is 0 Å². The minimum atomic E-state index is 0.599. The molecule has 0 aliphatic carbocycles. The summed E-state index contributed by atoms with van der Waals surface area (Å²) in [5.74, 6) is 0. The van der Waals surface area contributed by atoms with Crippen LogP contribution >= 0.6 is 11.3 Å². The number of thiophene rings is 1. The molecule has 0 saturated carbocycles. The van der Waals surface area contributed by atoms with Crippen molar-refractivity contribution >= 4 is 11.3 Å². The van der Waals surface area contributed by atoms with Crippen molar-refractivity contribution in [3.8, 4) is 0 Å². The summed E-state index contributed by atoms with van der Waals surface area (Å²) in [6, 6.07) is 4.94. The van der Waals surface area contributed by atoms with E-state index in [0.717, 1.165) is 19.8 Å². The van der Waals surface area contributed by atoms with Crippen molar-refractivity contribution in [2.75, 3.05) is 19.8 Å². The van der Waals surface area contributed by atoms with E-state index in [9.17, 15) is 0 Å². The molecule has 2 nitrogen and oxygen atoms in total. The lowest BCUT2D eigenvalue weighted by Crippen LogP contribution is -2.37. The van der Waals surface area contributed by atoms with E-state index in [2.05, 4.69) is 22.8 Å². The topological polar surface area (TPSA) is 21.3 Å². The van der Waals surface area contributed by atoms with Crippen LogP contribution in [0.3, 0.4) is 0 Å². The molecule has 1 aromatic heterocycles. The van der Waals surface area contributed by atoms with Gasteiger partial charge in [0.25, 0.3) is 0 Å². The van der Waals surface area contributed by atoms with Crippen LogP contribution in [0.5, 0.6) is 0 Å². The van der Waals surface area contributed by atoms with Gasteiger partial charge in [0.1, 0.15) is 0 Å². The Balaban J connectivity index is 1.54. The summed E-state index contributed by atoms with van der Waals surface area (Å²) < 4.78 is 5.42. The molecule has 3 heteroatoms. The van der Waals surface area contributed by atoms with Crippen LogP contribution in [0.15, 0.2) is 17.5 Å². The van der Waals surface area contributed by atoms with Crippen LogP contribution < -0.4 is 5.32 Å². The molecule has 84 valence electrons. The molecule has 1 aliphatic heterocycles. The molecule has 0 radical (unpaired) electrons. The quantitative estimate of drug-likeness (QED) is 0.777. The van der Waals surface area contributed by atoms with E-state index >= 15 is 0 Å². The number of nitrogens with one attached hydrogen (secondary N) is 1. The minimum absolute atomic E-state index is 0.599. The molecule has 15 heavy (non-hydrogen) atoms. The van der Waals surface area contributed by atoms with E-state index in [4.69, 9.17) is 4.74 Å². The molecular formula is C12H19NOS. The summed E-state index contributed by atoms with van der Waals surface area (Å²) >= 11 is 1.86. The highest BCUT2D eigenvalue weighted by Crippen LogP contribution is 2.11. The summed E-state index contributed by atoms with van der Waals surface area (Å²) in [7, 11) is 0. The fourth-order valence-electron chi connectivity index (χ4n) is 1.93. The first-order chi connectivity index (χ1) is 7.45. The van der Waals surface area contributed by atoms with Gasteiger partial charge >= 0.3 is 0 Å². The number of rotatable bonds is 5. The lowest BCUT2D eigenvalue weighted by Gasteiger charge is -2.23. The predicted molar refractivity (Wildman–Crippen MR) is 64.5 cm³/mol. The molecule has 0 amide bonds. The molecule has 1 fully saturated rings. The maximum Gasteiger partial charge on any atom is 0.0619 e. The first-order valence-corrected chi connectivity index (χ1v) is 6.66. The Morgan fingerprint density at radius 1 is 1.53 bits per heavy atom. The molecule has 1 saturated heterocycles. The van der Waals surface area contributed by atoms with Gasteiger partial charge in [-0.3, -0.25) is 0 Å². The zero-order chi connectivity index (χ0) is 10.3. The Kier molecular flexibility index (Phi) is 4.64. The van der Waals surface area contributed by atoms with Gasteiger partial charge in [-0.05, 0) is 43.7 Å². The second-order valence-electron chi connectivity index (χ2n) is 4.05. The summed E-state index contributed by atoms with van der Waals surface area (Å²) in [4.78, 5) is 1.50. The third-order valence-electron chi connectivity index (χ3n) is 2.77. The third kappa shape index (κ3) is 3.93. The lowest BCUT2D eigenvalue weighted by molar-refractivity contribution is 0.0705. The van der Waals surface area contributed by atoms with Crippen molar-refractivity contribution in [3.63, 3.8) is 0 Å². The molecule has 0 bridgehead atoms. The van der Waals surface area contributed by atoms with Gasteiger partial charge < -0.3 is 10.1 Å². The van der Waals surface area contributed by atoms with Gasteiger partial charge in [0.05, 0.1) is 6.61 Å². The summed E-state index contributed by atoms with van der Waals surface area (Å²) in [5.41, 5.74) is 0. The van der Waals surface area contributed by atoms with E-state index in [1.54, 1.807) is 0 Å². The van der Waals surface area contributed by atoms with E-state index in [1.165, 1.54) is 30.6 Å². The summed E-state index contributed by atoms with van der Waals surface area (Å²) in [6.45, 7) is 2.97. The van der Waals surface area contributed by atoms with Crippen LogP contribution in [0.1, 0.15) is 24.1 Å². The minimum Gasteiger partial charge on any atom is -0.380 e. The molecule has 0 spiro atoms. The normalized spacial score (nSPS) is 21.7. The van der Waals surface area contributed by atoms with Gasteiger partial charge in [-0.2, -0.15) is 0 Å². The average Bonchev–Trinajstić information content (AvgIpc) is 2.79. The fraction of sp³-hybridized carbons (Fsp3) is 0.667. The Morgan fingerprint density at radius 3 is 3.27 bits per heavy atom. The molecule has 1 aromatic rings. The zero-order valence-electron chi connectivity index (χ0n) is 9.08. The van der Waals surface area contributed by atoms with Gasteiger partial charge in [-0.25, -0.2) is 0 Å². The van der Waals surface area contributed by atoms with Crippen LogP contribution in [-0.2, 0) is 11.2 Å². The van der Waals surface area contributed by atoms with Crippen molar-refractivity contribution < 1.29 is 4.74 Å². The van der Waals surface area contributed by atoms with Crippen LogP contribution in [0.25, 0.3) is 0 Å². The van der Waals surface area contributed by atoms with Gasteiger partial charge in [-0.15, -0.1) is 11.3 Å². The van der Waals surface area contributed by atoms with Crippen molar-refractivity contribution in [3.05, 3.63) is 22.4 Å². The number of hydrogen-bond donors (Lipinski definition) is 1. The third-order valence-corrected chi connectivity index (χ3v) is 3.71. The maximum absolute atomic E-state index is 5.42. The Bertz CT molecular complexity index is 255. The Hall–Kier alpha value is -0.380. The predicted octanol–water partition coefficient (Wildman–Crippen LogP) is 2.45. The van der Waals surface area contributed by atoms with Gasteiger partial charge in [0.15, 0.2) is 0 Å². The van der Waals surface area contributed by atoms with Crippen LogP contribution in [0.2, 0.25) is 0 Å². The van der Waals surface area contributed by atoms with Crippen LogP contribution in [-0.4, -0.2) is 25.8 Å². The highest BCUT2D eigenvalue weighted by molar-refractivity contribution is 7.09. The van der Waals surface area contributed by atoms with E-state index in [-0.39, 0.29) is 0 Å². The number of hydrogen-bond acceptors (Lipinski definition) is 3. The first-order valence-electron chi connectivity index (χ1n) is 5.78. The Labute approximate surface area is 95.6 Å². The molecule has 1 atom stereocenters. The van der Waals surface area contributed by atoms with Gasteiger partial charge in [-0.1, -0.05) is 6.07 Å². The molecular weight excluding hydrogens is 206 g/mol. The molecule has 2 rings (SSSR count). The molecule has 1 N–H and O–H groups in total. The highest BCUT2D eigenvalue weighted by Gasteiger charge is 2.11. The number of aryl methyl sites for hydroxylation is 1. The van der Waals surface area contributed by atoms with E-state index < -0.39 is 0 Å². The second kappa shape index (κ2) is 6.26. The molecule has 1 unspecified atom stereocenters. The zero-order valence-corrected chi connectivity index (χ0v) is 9.89. The van der Waals surface area contributed by atoms with Crippen molar-refractivity contribution in [2.45, 2.75) is 31.7 Å². The van der Waals surface area contributed by atoms with Crippen LogP contribution in [0, 0.1) is 0 Å². The van der Waals surface area contributed by atoms with E-state index in [0.29, 0.717) is 6.04 Å². The average molecular weight is 225 g/mol. The molecule has 2 heterocycles. The Morgan fingerprint density at radius 2 is 2.53 bits per heavy atom. The van der Waals surface area contributed by atoms with Gasteiger partial charge in [0.2, 0.25) is 0 Å². The first kappa shape index (κ1) is 11.1. The van der Waals surface area contributed by atoms with Crippen molar-refractivity contribution in [1.82, 2.24) is 5.32 Å². The van der Waals surface area contributed by atoms with E-state index in [1.807, 2.05) is 11.3 Å². The maximum atomic E-state index is 5.42.